The van der Waals surface area contributed by atoms with Gasteiger partial charge in [-0.1, -0.05) is 20.8 Å². The summed E-state index contributed by atoms with van der Waals surface area (Å²) in [6, 6.07) is -0.155. The number of rotatable bonds is 5. The zero-order valence-corrected chi connectivity index (χ0v) is 7.55. The minimum Gasteiger partial charge on any atom is -0.368 e. The second-order valence-corrected chi connectivity index (χ2v) is 3.17. The molecule has 1 amide bonds. The van der Waals surface area contributed by atoms with Crippen LogP contribution >= 0.6 is 0 Å². The third kappa shape index (κ3) is 4.79. The van der Waals surface area contributed by atoms with Gasteiger partial charge in [0.2, 0.25) is 5.91 Å². The summed E-state index contributed by atoms with van der Waals surface area (Å²) in [6.07, 6.45) is 0.766. The Labute approximate surface area is 68.3 Å². The third-order valence-electron chi connectivity index (χ3n) is 1.52. The summed E-state index contributed by atoms with van der Waals surface area (Å²) in [5.74, 6) is 0.302. The lowest BCUT2D eigenvalue weighted by Crippen LogP contribution is -2.42. The molecule has 0 radical (unpaired) electrons. The number of hydrogen-bond acceptors (Lipinski definition) is 2. The molecule has 3 heteroatoms. The molecule has 3 nitrogen and oxygen atoms in total. The van der Waals surface area contributed by atoms with Crippen LogP contribution in [0.15, 0.2) is 0 Å². The van der Waals surface area contributed by atoms with Crippen LogP contribution in [0.2, 0.25) is 0 Å². The summed E-state index contributed by atoms with van der Waals surface area (Å²) in [4.78, 5) is 10.7. The lowest BCUT2D eigenvalue weighted by Gasteiger charge is -2.14. The van der Waals surface area contributed by atoms with Crippen molar-refractivity contribution in [3.63, 3.8) is 0 Å². The Morgan fingerprint density at radius 2 is 2.09 bits per heavy atom. The number of carbonyl (C=O) groups is 1. The van der Waals surface area contributed by atoms with Crippen molar-refractivity contribution < 1.29 is 4.79 Å². The van der Waals surface area contributed by atoms with Gasteiger partial charge in [-0.15, -0.1) is 0 Å². The Morgan fingerprint density at radius 1 is 1.55 bits per heavy atom. The van der Waals surface area contributed by atoms with E-state index < -0.39 is 0 Å². The van der Waals surface area contributed by atoms with Gasteiger partial charge in [0.25, 0.3) is 0 Å². The third-order valence-corrected chi connectivity index (χ3v) is 1.52. The van der Waals surface area contributed by atoms with E-state index in [1.54, 1.807) is 0 Å². The number of nitrogens with two attached hydrogens (primary N) is 1. The molecule has 0 heterocycles. The van der Waals surface area contributed by atoms with E-state index >= 15 is 0 Å². The fraction of sp³-hybridized carbons (Fsp3) is 0.875. The molecule has 1 unspecified atom stereocenters. The second-order valence-electron chi connectivity index (χ2n) is 3.17. The Hall–Kier alpha value is -0.570. The Morgan fingerprint density at radius 3 is 2.36 bits per heavy atom. The maximum atomic E-state index is 10.7. The molecule has 0 aliphatic carbocycles. The fourth-order valence-corrected chi connectivity index (χ4v) is 0.824. The van der Waals surface area contributed by atoms with Crippen LogP contribution in [0.25, 0.3) is 0 Å². The average molecular weight is 158 g/mol. The number of primary amides is 1. The number of hydrogen-bond donors (Lipinski definition) is 2. The van der Waals surface area contributed by atoms with E-state index in [0.717, 1.165) is 13.0 Å². The van der Waals surface area contributed by atoms with Gasteiger partial charge in [0.05, 0.1) is 6.04 Å². The molecule has 0 saturated heterocycles. The van der Waals surface area contributed by atoms with E-state index in [9.17, 15) is 4.79 Å². The van der Waals surface area contributed by atoms with Gasteiger partial charge in [0.1, 0.15) is 0 Å². The minimum atomic E-state index is -0.256. The highest BCUT2D eigenvalue weighted by Crippen LogP contribution is 1.93. The molecule has 11 heavy (non-hydrogen) atoms. The molecule has 0 saturated carbocycles. The lowest BCUT2D eigenvalue weighted by atomic mass is 10.1. The Balaban J connectivity index is 3.61. The molecule has 0 aromatic heterocycles. The van der Waals surface area contributed by atoms with Crippen molar-refractivity contribution >= 4 is 5.91 Å². The van der Waals surface area contributed by atoms with Crippen LogP contribution in [-0.4, -0.2) is 18.5 Å². The standard InChI is InChI=1S/C8H18N2O/c1-4-7(8(9)11)10-5-6(2)3/h6-7,10H,4-5H2,1-3H3,(H2,9,11). The van der Waals surface area contributed by atoms with E-state index in [0.29, 0.717) is 5.92 Å². The van der Waals surface area contributed by atoms with Crippen molar-refractivity contribution in [1.29, 1.82) is 0 Å². The largest absolute Gasteiger partial charge is 0.368 e. The predicted octanol–water partition coefficient (Wildman–Crippen LogP) is 0.496. The highest BCUT2D eigenvalue weighted by molar-refractivity contribution is 5.79. The first-order valence-corrected chi connectivity index (χ1v) is 4.10. The monoisotopic (exact) mass is 158 g/mol. The molecule has 0 aliphatic rings. The summed E-state index contributed by atoms with van der Waals surface area (Å²) >= 11 is 0. The average Bonchev–Trinajstić information content (AvgIpc) is 1.87. The van der Waals surface area contributed by atoms with Crippen molar-refractivity contribution in [3.8, 4) is 0 Å². The van der Waals surface area contributed by atoms with Gasteiger partial charge in [-0.05, 0) is 18.9 Å². The molecule has 0 rings (SSSR count). The minimum absolute atomic E-state index is 0.155. The molecular formula is C8H18N2O. The first kappa shape index (κ1) is 10.4. The van der Waals surface area contributed by atoms with Gasteiger partial charge in [-0.2, -0.15) is 0 Å². The quantitative estimate of drug-likeness (QED) is 0.612. The van der Waals surface area contributed by atoms with E-state index in [1.807, 2.05) is 6.92 Å². The number of amides is 1. The van der Waals surface area contributed by atoms with Crippen molar-refractivity contribution in [1.82, 2.24) is 5.32 Å². The first-order chi connectivity index (χ1) is 5.07. The van der Waals surface area contributed by atoms with E-state index in [-0.39, 0.29) is 11.9 Å². The molecule has 0 bridgehead atoms. The maximum Gasteiger partial charge on any atom is 0.234 e. The number of carbonyl (C=O) groups excluding carboxylic acids is 1. The highest BCUT2D eigenvalue weighted by Gasteiger charge is 2.11. The van der Waals surface area contributed by atoms with Gasteiger partial charge in [-0.25, -0.2) is 0 Å². The molecule has 3 N–H and O–H groups in total. The molecule has 0 fully saturated rings. The van der Waals surface area contributed by atoms with Crippen LogP contribution < -0.4 is 11.1 Å². The molecule has 0 aromatic rings. The fourth-order valence-electron chi connectivity index (χ4n) is 0.824. The van der Waals surface area contributed by atoms with Gasteiger partial charge < -0.3 is 11.1 Å². The topological polar surface area (TPSA) is 55.1 Å². The molecule has 0 spiro atoms. The maximum absolute atomic E-state index is 10.7. The smallest absolute Gasteiger partial charge is 0.234 e. The van der Waals surface area contributed by atoms with Crippen molar-refractivity contribution in [2.75, 3.05) is 6.54 Å². The van der Waals surface area contributed by atoms with Gasteiger partial charge in [0.15, 0.2) is 0 Å². The van der Waals surface area contributed by atoms with Crippen molar-refractivity contribution in [2.24, 2.45) is 11.7 Å². The van der Waals surface area contributed by atoms with Gasteiger partial charge in [0, 0.05) is 0 Å². The van der Waals surface area contributed by atoms with Crippen molar-refractivity contribution in [2.45, 2.75) is 33.2 Å². The van der Waals surface area contributed by atoms with Crippen LogP contribution in [0.1, 0.15) is 27.2 Å². The Kier molecular flexibility index (Phi) is 4.86. The van der Waals surface area contributed by atoms with Crippen LogP contribution in [0, 0.1) is 5.92 Å². The summed E-state index contributed by atoms with van der Waals surface area (Å²) in [5.41, 5.74) is 5.13. The van der Waals surface area contributed by atoms with Crippen LogP contribution in [0.5, 0.6) is 0 Å². The molecule has 0 aliphatic heterocycles. The summed E-state index contributed by atoms with van der Waals surface area (Å²) in [6.45, 7) is 6.99. The lowest BCUT2D eigenvalue weighted by molar-refractivity contribution is -0.120. The number of nitrogens with one attached hydrogen (secondary N) is 1. The predicted molar refractivity (Wildman–Crippen MR) is 46.1 cm³/mol. The SMILES string of the molecule is CCC(NCC(C)C)C(N)=O. The molecule has 66 valence electrons. The zero-order chi connectivity index (χ0) is 8.85. The first-order valence-electron chi connectivity index (χ1n) is 4.10. The molecule has 1 atom stereocenters. The van der Waals surface area contributed by atoms with Gasteiger partial charge >= 0.3 is 0 Å². The van der Waals surface area contributed by atoms with E-state index in [4.69, 9.17) is 5.73 Å². The molecule has 0 aromatic carbocycles. The molecular weight excluding hydrogens is 140 g/mol. The summed E-state index contributed by atoms with van der Waals surface area (Å²) < 4.78 is 0. The summed E-state index contributed by atoms with van der Waals surface area (Å²) in [5, 5.41) is 3.09. The normalized spacial score (nSPS) is 13.5. The summed E-state index contributed by atoms with van der Waals surface area (Å²) in [7, 11) is 0. The van der Waals surface area contributed by atoms with E-state index in [1.165, 1.54) is 0 Å². The van der Waals surface area contributed by atoms with Gasteiger partial charge in [-0.3, -0.25) is 4.79 Å². The van der Waals surface area contributed by atoms with Crippen molar-refractivity contribution in [3.05, 3.63) is 0 Å². The second kappa shape index (κ2) is 5.13. The highest BCUT2D eigenvalue weighted by atomic mass is 16.1. The Bertz CT molecular complexity index is 123. The van der Waals surface area contributed by atoms with Crippen LogP contribution in [0.4, 0.5) is 0 Å². The van der Waals surface area contributed by atoms with Crippen LogP contribution in [0.3, 0.4) is 0 Å². The van der Waals surface area contributed by atoms with E-state index in [2.05, 4.69) is 19.2 Å². The zero-order valence-electron chi connectivity index (χ0n) is 7.55. The van der Waals surface area contributed by atoms with Crippen LogP contribution in [-0.2, 0) is 4.79 Å².